The zero-order chi connectivity index (χ0) is 12.8. The van der Waals surface area contributed by atoms with Gasteiger partial charge in [0.1, 0.15) is 11.6 Å². The molecular formula is C14H24N4. The highest BCUT2D eigenvalue weighted by molar-refractivity contribution is 5.41. The van der Waals surface area contributed by atoms with Crippen LogP contribution in [-0.4, -0.2) is 35.6 Å². The molecule has 3 N–H and O–H groups in total. The van der Waals surface area contributed by atoms with Gasteiger partial charge in [0.25, 0.3) is 0 Å². The van der Waals surface area contributed by atoms with E-state index in [2.05, 4.69) is 22.1 Å². The second kappa shape index (κ2) is 6.59. The minimum Gasteiger partial charge on any atom is -0.384 e. The van der Waals surface area contributed by atoms with E-state index in [1.165, 1.54) is 32.4 Å². The van der Waals surface area contributed by atoms with E-state index in [1.807, 2.05) is 12.1 Å². The summed E-state index contributed by atoms with van der Waals surface area (Å²) in [5, 5.41) is 3.32. The van der Waals surface area contributed by atoms with Gasteiger partial charge in [-0.15, -0.1) is 0 Å². The molecule has 1 aliphatic heterocycles. The first-order chi connectivity index (χ1) is 8.75. The Hall–Kier alpha value is -1.29. The number of anilines is 2. The Morgan fingerprint density at radius 3 is 3.11 bits per heavy atom. The molecule has 0 amide bonds. The number of hydrogen-bond acceptors (Lipinski definition) is 4. The molecule has 2 heterocycles. The van der Waals surface area contributed by atoms with Crippen LogP contribution in [0.25, 0.3) is 0 Å². The molecule has 1 aromatic heterocycles. The lowest BCUT2D eigenvalue weighted by atomic mass is 10.0. The van der Waals surface area contributed by atoms with Crippen molar-refractivity contribution >= 4 is 11.6 Å². The average molecular weight is 248 g/mol. The molecule has 1 aromatic rings. The molecule has 1 aliphatic rings. The van der Waals surface area contributed by atoms with Gasteiger partial charge in [0.2, 0.25) is 0 Å². The summed E-state index contributed by atoms with van der Waals surface area (Å²) >= 11 is 0. The molecule has 2 rings (SSSR count). The first-order valence-electron chi connectivity index (χ1n) is 6.96. The van der Waals surface area contributed by atoms with Crippen LogP contribution in [0.3, 0.4) is 0 Å². The zero-order valence-corrected chi connectivity index (χ0v) is 11.2. The van der Waals surface area contributed by atoms with Crippen LogP contribution in [0.4, 0.5) is 11.6 Å². The van der Waals surface area contributed by atoms with E-state index in [-0.39, 0.29) is 0 Å². The molecule has 4 heteroatoms. The Morgan fingerprint density at radius 1 is 1.44 bits per heavy atom. The van der Waals surface area contributed by atoms with Crippen molar-refractivity contribution < 1.29 is 0 Å². The molecule has 1 atom stereocenters. The lowest BCUT2D eigenvalue weighted by molar-refractivity contribution is 0.160. The summed E-state index contributed by atoms with van der Waals surface area (Å²) in [6.07, 6.45) is 5.25. The van der Waals surface area contributed by atoms with Crippen LogP contribution in [0, 0.1) is 0 Å². The van der Waals surface area contributed by atoms with Crippen molar-refractivity contribution in [1.29, 1.82) is 0 Å². The minimum absolute atomic E-state index is 0.574. The van der Waals surface area contributed by atoms with Crippen LogP contribution in [0.1, 0.15) is 32.6 Å². The second-order valence-electron chi connectivity index (χ2n) is 5.11. The van der Waals surface area contributed by atoms with Gasteiger partial charge in [-0.25, -0.2) is 4.98 Å². The summed E-state index contributed by atoms with van der Waals surface area (Å²) in [6.45, 7) is 5.74. The molecule has 0 aliphatic carbocycles. The smallest absolute Gasteiger partial charge is 0.128 e. The summed E-state index contributed by atoms with van der Waals surface area (Å²) in [5.74, 6) is 1.45. The number of piperidine rings is 1. The van der Waals surface area contributed by atoms with E-state index < -0.39 is 0 Å². The molecule has 18 heavy (non-hydrogen) atoms. The molecule has 0 saturated carbocycles. The van der Waals surface area contributed by atoms with Crippen molar-refractivity contribution in [1.82, 2.24) is 9.88 Å². The standard InChI is InChI=1S/C14H24N4/c1-12-6-2-3-10-18(12)11-5-9-16-14-8-4-7-13(15)17-14/h4,7-8,12H,2-3,5-6,9-11H2,1H3,(H3,15,16,17). The normalized spacial score (nSPS) is 20.8. The van der Waals surface area contributed by atoms with E-state index in [1.54, 1.807) is 6.07 Å². The molecule has 0 radical (unpaired) electrons. The zero-order valence-electron chi connectivity index (χ0n) is 11.2. The minimum atomic E-state index is 0.574. The number of nitrogen functional groups attached to an aromatic ring is 1. The van der Waals surface area contributed by atoms with E-state index in [0.717, 1.165) is 24.8 Å². The number of hydrogen-bond donors (Lipinski definition) is 2. The van der Waals surface area contributed by atoms with Crippen molar-refractivity contribution in [3.63, 3.8) is 0 Å². The monoisotopic (exact) mass is 248 g/mol. The molecule has 0 bridgehead atoms. The maximum absolute atomic E-state index is 5.64. The Labute approximate surface area is 110 Å². The van der Waals surface area contributed by atoms with Gasteiger partial charge in [-0.1, -0.05) is 12.5 Å². The lowest BCUT2D eigenvalue weighted by Crippen LogP contribution is -2.38. The predicted molar refractivity (Wildman–Crippen MR) is 76.6 cm³/mol. The second-order valence-corrected chi connectivity index (χ2v) is 5.11. The molecular weight excluding hydrogens is 224 g/mol. The van der Waals surface area contributed by atoms with Gasteiger partial charge < -0.3 is 16.0 Å². The van der Waals surface area contributed by atoms with Crippen molar-refractivity contribution in [2.75, 3.05) is 30.7 Å². The van der Waals surface area contributed by atoms with Crippen LogP contribution < -0.4 is 11.1 Å². The largest absolute Gasteiger partial charge is 0.384 e. The predicted octanol–water partition coefficient (Wildman–Crippen LogP) is 2.34. The Morgan fingerprint density at radius 2 is 2.33 bits per heavy atom. The fourth-order valence-electron chi connectivity index (χ4n) is 2.54. The lowest BCUT2D eigenvalue weighted by Gasteiger charge is -2.33. The summed E-state index contributed by atoms with van der Waals surface area (Å²) < 4.78 is 0. The number of nitrogens with zero attached hydrogens (tertiary/aromatic N) is 2. The maximum Gasteiger partial charge on any atom is 0.128 e. The van der Waals surface area contributed by atoms with Crippen LogP contribution in [0.15, 0.2) is 18.2 Å². The number of pyridine rings is 1. The van der Waals surface area contributed by atoms with Crippen molar-refractivity contribution in [2.45, 2.75) is 38.6 Å². The van der Waals surface area contributed by atoms with Gasteiger partial charge in [-0.3, -0.25) is 0 Å². The van der Waals surface area contributed by atoms with E-state index in [9.17, 15) is 0 Å². The van der Waals surface area contributed by atoms with Crippen LogP contribution >= 0.6 is 0 Å². The molecule has 0 aromatic carbocycles. The number of nitrogens with one attached hydrogen (secondary N) is 1. The van der Waals surface area contributed by atoms with Gasteiger partial charge in [0.05, 0.1) is 0 Å². The fraction of sp³-hybridized carbons (Fsp3) is 0.643. The SMILES string of the molecule is CC1CCCCN1CCCNc1cccc(N)n1. The van der Waals surface area contributed by atoms with Gasteiger partial charge in [0.15, 0.2) is 0 Å². The molecule has 1 saturated heterocycles. The number of rotatable bonds is 5. The van der Waals surface area contributed by atoms with Crippen molar-refractivity contribution in [2.24, 2.45) is 0 Å². The van der Waals surface area contributed by atoms with Gasteiger partial charge in [0, 0.05) is 19.1 Å². The Bertz CT molecular complexity index is 367. The highest BCUT2D eigenvalue weighted by Gasteiger charge is 2.16. The highest BCUT2D eigenvalue weighted by Crippen LogP contribution is 2.16. The molecule has 100 valence electrons. The molecule has 0 spiro atoms. The topological polar surface area (TPSA) is 54.2 Å². The van der Waals surface area contributed by atoms with Gasteiger partial charge in [-0.2, -0.15) is 0 Å². The molecule has 1 unspecified atom stereocenters. The third-order valence-corrected chi connectivity index (χ3v) is 3.64. The number of nitrogens with two attached hydrogens (primary N) is 1. The van der Waals surface area contributed by atoms with Gasteiger partial charge >= 0.3 is 0 Å². The highest BCUT2D eigenvalue weighted by atomic mass is 15.2. The quantitative estimate of drug-likeness (QED) is 0.785. The number of aromatic nitrogens is 1. The van der Waals surface area contributed by atoms with Crippen molar-refractivity contribution in [3.05, 3.63) is 18.2 Å². The van der Waals surface area contributed by atoms with Gasteiger partial charge in [-0.05, 0) is 44.9 Å². The van der Waals surface area contributed by atoms with E-state index in [0.29, 0.717) is 5.82 Å². The summed E-state index contributed by atoms with van der Waals surface area (Å²) in [4.78, 5) is 6.82. The first-order valence-corrected chi connectivity index (χ1v) is 6.96. The van der Waals surface area contributed by atoms with E-state index >= 15 is 0 Å². The third-order valence-electron chi connectivity index (χ3n) is 3.64. The summed E-state index contributed by atoms with van der Waals surface area (Å²) in [5.41, 5.74) is 5.64. The third kappa shape index (κ3) is 3.88. The average Bonchev–Trinajstić information content (AvgIpc) is 2.37. The molecule has 4 nitrogen and oxygen atoms in total. The Balaban J connectivity index is 1.66. The summed E-state index contributed by atoms with van der Waals surface area (Å²) in [6, 6.07) is 6.45. The Kier molecular flexibility index (Phi) is 4.81. The molecule has 1 fully saturated rings. The number of likely N-dealkylation sites (tertiary alicyclic amines) is 1. The first kappa shape index (κ1) is 13.1. The fourth-order valence-corrected chi connectivity index (χ4v) is 2.54. The maximum atomic E-state index is 5.64. The van der Waals surface area contributed by atoms with Crippen LogP contribution in [-0.2, 0) is 0 Å². The van der Waals surface area contributed by atoms with E-state index in [4.69, 9.17) is 5.73 Å². The van der Waals surface area contributed by atoms with Crippen molar-refractivity contribution in [3.8, 4) is 0 Å². The van der Waals surface area contributed by atoms with Crippen LogP contribution in [0.5, 0.6) is 0 Å². The van der Waals surface area contributed by atoms with Crippen LogP contribution in [0.2, 0.25) is 0 Å². The summed E-state index contributed by atoms with van der Waals surface area (Å²) in [7, 11) is 0.